The zero-order valence-corrected chi connectivity index (χ0v) is 6.24. The summed E-state index contributed by atoms with van der Waals surface area (Å²) in [6.45, 7) is 0. The van der Waals surface area contributed by atoms with Crippen LogP contribution in [0.1, 0.15) is 5.76 Å². The summed E-state index contributed by atoms with van der Waals surface area (Å²) < 4.78 is 5.16. The van der Waals surface area contributed by atoms with E-state index in [0.29, 0.717) is 17.0 Å². The third-order valence-corrected chi connectivity index (χ3v) is 1.65. The summed E-state index contributed by atoms with van der Waals surface area (Å²) >= 11 is 0. The van der Waals surface area contributed by atoms with E-state index in [1.807, 2.05) is 12.1 Å². The average molecular weight is 158 g/mol. The fourth-order valence-electron chi connectivity index (χ4n) is 1.10. The van der Waals surface area contributed by atoms with Crippen molar-refractivity contribution in [3.8, 4) is 6.07 Å². The largest absolute Gasteiger partial charge is 0.446 e. The maximum atomic E-state index is 8.53. The molecule has 12 heavy (non-hydrogen) atoms. The highest BCUT2D eigenvalue weighted by atomic mass is 16.3. The normalized spacial score (nSPS) is 9.92. The van der Waals surface area contributed by atoms with Crippen LogP contribution in [0.3, 0.4) is 0 Å². The standard InChI is InChI=1S/C9H6N2O/c10-5-8-3-6-1-2-7(11)4-9(6)12-8/h1-4H,11H2. The first-order valence-electron chi connectivity index (χ1n) is 3.49. The molecule has 0 atom stereocenters. The van der Waals surface area contributed by atoms with E-state index in [4.69, 9.17) is 15.4 Å². The van der Waals surface area contributed by atoms with Gasteiger partial charge in [-0.15, -0.1) is 0 Å². The van der Waals surface area contributed by atoms with Crippen molar-refractivity contribution in [3.63, 3.8) is 0 Å². The molecule has 1 heterocycles. The van der Waals surface area contributed by atoms with E-state index in [-0.39, 0.29) is 0 Å². The van der Waals surface area contributed by atoms with Crippen LogP contribution in [-0.4, -0.2) is 0 Å². The van der Waals surface area contributed by atoms with E-state index >= 15 is 0 Å². The SMILES string of the molecule is N#Cc1cc2ccc(N)cc2o1. The summed E-state index contributed by atoms with van der Waals surface area (Å²) in [6.07, 6.45) is 0. The molecular weight excluding hydrogens is 152 g/mol. The van der Waals surface area contributed by atoms with Gasteiger partial charge < -0.3 is 10.2 Å². The molecule has 2 N–H and O–H groups in total. The number of anilines is 1. The molecule has 0 aliphatic carbocycles. The number of hydrogen-bond acceptors (Lipinski definition) is 3. The van der Waals surface area contributed by atoms with Crippen LogP contribution in [0.4, 0.5) is 5.69 Å². The Hall–Kier alpha value is -1.95. The van der Waals surface area contributed by atoms with Gasteiger partial charge in [-0.05, 0) is 12.1 Å². The second-order valence-corrected chi connectivity index (χ2v) is 2.52. The van der Waals surface area contributed by atoms with E-state index in [1.165, 1.54) is 0 Å². The molecule has 3 heteroatoms. The van der Waals surface area contributed by atoms with Crippen molar-refractivity contribution >= 4 is 16.7 Å². The van der Waals surface area contributed by atoms with Crippen LogP contribution >= 0.6 is 0 Å². The number of hydrogen-bond donors (Lipinski definition) is 1. The molecule has 0 unspecified atom stereocenters. The first kappa shape index (κ1) is 6.74. The fraction of sp³-hybridized carbons (Fsp3) is 0. The van der Waals surface area contributed by atoms with Crippen molar-refractivity contribution in [2.75, 3.05) is 5.73 Å². The minimum absolute atomic E-state index is 0.315. The third-order valence-electron chi connectivity index (χ3n) is 1.65. The number of nitrogens with two attached hydrogens (primary N) is 1. The van der Waals surface area contributed by atoms with Gasteiger partial charge in [0.2, 0.25) is 5.76 Å². The van der Waals surface area contributed by atoms with Gasteiger partial charge >= 0.3 is 0 Å². The summed E-state index contributed by atoms with van der Waals surface area (Å²) in [6, 6.07) is 8.93. The van der Waals surface area contributed by atoms with Crippen LogP contribution in [-0.2, 0) is 0 Å². The van der Waals surface area contributed by atoms with Crippen molar-refractivity contribution in [3.05, 3.63) is 30.0 Å². The summed E-state index contributed by atoms with van der Waals surface area (Å²) in [4.78, 5) is 0. The number of rotatable bonds is 0. The van der Waals surface area contributed by atoms with E-state index in [0.717, 1.165) is 5.39 Å². The molecule has 0 amide bonds. The van der Waals surface area contributed by atoms with E-state index < -0.39 is 0 Å². The average Bonchev–Trinajstić information content (AvgIpc) is 2.46. The summed E-state index contributed by atoms with van der Waals surface area (Å²) in [7, 11) is 0. The minimum atomic E-state index is 0.315. The molecule has 0 saturated carbocycles. The van der Waals surface area contributed by atoms with Crippen molar-refractivity contribution in [2.24, 2.45) is 0 Å². The van der Waals surface area contributed by atoms with Crippen LogP contribution < -0.4 is 5.73 Å². The number of benzene rings is 1. The third kappa shape index (κ3) is 0.903. The molecule has 0 aliphatic rings. The Morgan fingerprint density at radius 3 is 2.92 bits per heavy atom. The van der Waals surface area contributed by atoms with Gasteiger partial charge in [0.25, 0.3) is 0 Å². The van der Waals surface area contributed by atoms with Gasteiger partial charge in [0.1, 0.15) is 11.7 Å². The van der Waals surface area contributed by atoms with Gasteiger partial charge in [-0.1, -0.05) is 0 Å². The van der Waals surface area contributed by atoms with Crippen LogP contribution in [0.2, 0.25) is 0 Å². The minimum Gasteiger partial charge on any atom is -0.446 e. The monoisotopic (exact) mass is 158 g/mol. The smallest absolute Gasteiger partial charge is 0.204 e. The second kappa shape index (κ2) is 2.28. The van der Waals surface area contributed by atoms with Crippen LogP contribution in [0.5, 0.6) is 0 Å². The van der Waals surface area contributed by atoms with Gasteiger partial charge in [0, 0.05) is 23.2 Å². The highest BCUT2D eigenvalue weighted by molar-refractivity contribution is 5.81. The Kier molecular flexibility index (Phi) is 1.28. The predicted molar refractivity (Wildman–Crippen MR) is 45.3 cm³/mol. The molecule has 3 nitrogen and oxygen atoms in total. The molecule has 1 aromatic heterocycles. The first-order valence-corrected chi connectivity index (χ1v) is 3.49. The van der Waals surface area contributed by atoms with Crippen LogP contribution in [0, 0.1) is 11.3 Å². The molecule has 0 bridgehead atoms. The molecule has 0 radical (unpaired) electrons. The molecule has 0 saturated heterocycles. The fourth-order valence-corrected chi connectivity index (χ4v) is 1.10. The van der Waals surface area contributed by atoms with Crippen molar-refractivity contribution in [1.29, 1.82) is 5.26 Å². The molecule has 2 aromatic rings. The van der Waals surface area contributed by atoms with Crippen molar-refractivity contribution in [1.82, 2.24) is 0 Å². The summed E-state index contributed by atoms with van der Waals surface area (Å²) in [5, 5.41) is 9.44. The van der Waals surface area contributed by atoms with Crippen LogP contribution in [0.25, 0.3) is 11.0 Å². The lowest BCUT2D eigenvalue weighted by Gasteiger charge is -1.89. The molecule has 0 fully saturated rings. The highest BCUT2D eigenvalue weighted by Gasteiger charge is 2.01. The highest BCUT2D eigenvalue weighted by Crippen LogP contribution is 2.20. The Labute approximate surface area is 69.0 Å². The quantitative estimate of drug-likeness (QED) is 0.595. The number of furan rings is 1. The van der Waals surface area contributed by atoms with Gasteiger partial charge in [0.15, 0.2) is 0 Å². The van der Waals surface area contributed by atoms with Crippen molar-refractivity contribution < 1.29 is 4.42 Å². The number of nitrogens with zero attached hydrogens (tertiary/aromatic N) is 1. The lowest BCUT2D eigenvalue weighted by Crippen LogP contribution is -1.80. The van der Waals surface area contributed by atoms with Gasteiger partial charge in [-0.3, -0.25) is 0 Å². The zero-order valence-electron chi connectivity index (χ0n) is 6.24. The molecule has 2 rings (SSSR count). The first-order chi connectivity index (χ1) is 5.79. The molecular formula is C9H6N2O. The molecule has 58 valence electrons. The zero-order chi connectivity index (χ0) is 8.55. The summed E-state index contributed by atoms with van der Waals surface area (Å²) in [5.74, 6) is 0.315. The Morgan fingerprint density at radius 2 is 2.17 bits per heavy atom. The van der Waals surface area contributed by atoms with E-state index in [1.54, 1.807) is 18.2 Å². The maximum Gasteiger partial charge on any atom is 0.204 e. The topological polar surface area (TPSA) is 63.0 Å². The number of fused-ring (bicyclic) bond motifs is 1. The van der Waals surface area contributed by atoms with Crippen molar-refractivity contribution in [2.45, 2.75) is 0 Å². The lowest BCUT2D eigenvalue weighted by molar-refractivity contribution is 0.599. The van der Waals surface area contributed by atoms with Gasteiger partial charge in [-0.25, -0.2) is 0 Å². The predicted octanol–water partition coefficient (Wildman–Crippen LogP) is 1.89. The maximum absolute atomic E-state index is 8.53. The van der Waals surface area contributed by atoms with E-state index in [9.17, 15) is 0 Å². The molecule has 0 spiro atoms. The number of nitriles is 1. The second-order valence-electron chi connectivity index (χ2n) is 2.52. The number of nitrogen functional groups attached to an aromatic ring is 1. The molecule has 0 aliphatic heterocycles. The van der Waals surface area contributed by atoms with Gasteiger partial charge in [0.05, 0.1) is 0 Å². The van der Waals surface area contributed by atoms with Gasteiger partial charge in [-0.2, -0.15) is 5.26 Å². The Bertz CT molecular complexity index is 465. The van der Waals surface area contributed by atoms with E-state index in [2.05, 4.69) is 0 Å². The Morgan fingerprint density at radius 1 is 1.33 bits per heavy atom. The lowest BCUT2D eigenvalue weighted by atomic mass is 10.2. The summed E-state index contributed by atoms with van der Waals surface area (Å²) in [5.41, 5.74) is 6.83. The Balaban J connectivity index is 2.77. The molecule has 1 aromatic carbocycles. The van der Waals surface area contributed by atoms with Crippen LogP contribution in [0.15, 0.2) is 28.7 Å².